The first kappa shape index (κ1) is 43.4. The SMILES string of the molecule is CCC[C@H](C)c1ccc(N2C3=C([B]c4c(-c5cccc6c5[nH]c5c7ccccc7ccc65)cc5c(c42)C(C)(C)c2ccccc2-5)C(C)(C)c2cc4c(cc23)C(C)(C)CCC4(C)C)c(-c2ccccc2)c1. The number of aromatic amines is 1. The summed E-state index contributed by atoms with van der Waals surface area (Å²) in [5, 5.41) is 5.03. The Morgan fingerprint density at radius 3 is 2.01 bits per heavy atom. The largest absolute Gasteiger partial charge is 0.353 e. The van der Waals surface area contributed by atoms with Gasteiger partial charge in [0, 0.05) is 55.1 Å². The van der Waals surface area contributed by atoms with Gasteiger partial charge in [-0.25, -0.2) is 0 Å². The Bertz CT molecular complexity index is 3720. The monoisotopic (exact) mass is 908 g/mol. The number of fused-ring (bicyclic) bond motifs is 13. The molecule has 1 N–H and O–H groups in total. The smallest absolute Gasteiger partial charge is 0.193 e. The van der Waals surface area contributed by atoms with Gasteiger partial charge < -0.3 is 9.88 Å². The standard InChI is InChI=1S/C67H64BN2/c1-11-20-39(2)42-30-32-56(48(35-42)40-21-13-12-14-22-40)70-61-51-37-54-55(65(5,6)34-33-64(54,3)4)38-53(51)67(9,10)63(61)68-58-50(36-49-44-25-17-18-28-52(44)66(7,8)57(49)62(58)70)46-27-19-26-45-47-31-29-41-23-15-16-24-43(41)59(47)69-60(45)46/h12-19,21-32,35-39,69H,11,20,33-34H2,1-10H3/t39-/m0/s1. The van der Waals surface area contributed by atoms with Crippen LogP contribution in [0, 0.1) is 0 Å². The van der Waals surface area contributed by atoms with E-state index in [2.05, 4.69) is 232 Å². The fourth-order valence-electron chi connectivity index (χ4n) is 13.8. The molecule has 0 unspecified atom stereocenters. The number of hydrogen-bond acceptors (Lipinski definition) is 1. The number of para-hydroxylation sites is 1. The van der Waals surface area contributed by atoms with Crippen molar-refractivity contribution in [2.45, 2.75) is 122 Å². The van der Waals surface area contributed by atoms with Crippen molar-refractivity contribution in [2.75, 3.05) is 4.90 Å². The molecule has 1 aromatic heterocycles. The minimum atomic E-state index is -0.286. The second-order valence-electron chi connectivity index (χ2n) is 23.8. The van der Waals surface area contributed by atoms with E-state index in [1.807, 2.05) is 0 Å². The maximum Gasteiger partial charge on any atom is 0.193 e. The van der Waals surface area contributed by atoms with Gasteiger partial charge in [-0.05, 0) is 121 Å². The molecule has 13 rings (SSSR count). The van der Waals surface area contributed by atoms with Crippen LogP contribution >= 0.6 is 0 Å². The third kappa shape index (κ3) is 5.99. The predicted molar refractivity (Wildman–Crippen MR) is 301 cm³/mol. The molecular weight excluding hydrogens is 844 g/mol. The van der Waals surface area contributed by atoms with E-state index in [9.17, 15) is 0 Å². The molecule has 0 bridgehead atoms. The van der Waals surface area contributed by atoms with Gasteiger partial charge >= 0.3 is 0 Å². The summed E-state index contributed by atoms with van der Waals surface area (Å²) < 4.78 is 0. The molecule has 0 amide bonds. The number of nitrogens with one attached hydrogen (secondary N) is 1. The Kier molecular flexibility index (Phi) is 9.29. The third-order valence-corrected chi connectivity index (χ3v) is 17.9. The van der Waals surface area contributed by atoms with Crippen molar-refractivity contribution in [1.29, 1.82) is 0 Å². The van der Waals surface area contributed by atoms with Crippen LogP contribution in [-0.4, -0.2) is 12.3 Å². The molecule has 0 fully saturated rings. The van der Waals surface area contributed by atoms with Gasteiger partial charge in [0.05, 0.1) is 16.7 Å². The molecule has 2 nitrogen and oxygen atoms in total. The summed E-state index contributed by atoms with van der Waals surface area (Å²) in [4.78, 5) is 6.88. The highest BCUT2D eigenvalue weighted by atomic mass is 15.2. The molecule has 3 aliphatic carbocycles. The maximum atomic E-state index is 4.08. The number of allylic oxidation sites excluding steroid dienone is 1. The molecule has 0 saturated carbocycles. The van der Waals surface area contributed by atoms with Gasteiger partial charge in [-0.15, -0.1) is 0 Å². The molecule has 1 aliphatic heterocycles. The molecule has 0 spiro atoms. The minimum absolute atomic E-state index is 0.0579. The lowest BCUT2D eigenvalue weighted by atomic mass is 9.51. The second kappa shape index (κ2) is 15.0. The molecule has 9 aromatic rings. The number of hydrogen-bond donors (Lipinski definition) is 1. The van der Waals surface area contributed by atoms with Gasteiger partial charge in [-0.1, -0.05) is 208 Å². The Morgan fingerprint density at radius 1 is 0.543 bits per heavy atom. The average molecular weight is 908 g/mol. The molecule has 8 aromatic carbocycles. The fourth-order valence-corrected chi connectivity index (χ4v) is 13.8. The topological polar surface area (TPSA) is 19.0 Å². The number of anilines is 2. The van der Waals surface area contributed by atoms with Gasteiger partial charge in [-0.2, -0.15) is 0 Å². The highest BCUT2D eigenvalue weighted by Gasteiger charge is 2.50. The molecule has 345 valence electrons. The molecule has 1 radical (unpaired) electrons. The van der Waals surface area contributed by atoms with E-state index in [1.165, 1.54) is 146 Å². The average Bonchev–Trinajstić information content (AvgIpc) is 3.94. The van der Waals surface area contributed by atoms with E-state index >= 15 is 0 Å². The normalized spacial score (nSPS) is 18.0. The maximum absolute atomic E-state index is 4.08. The van der Waals surface area contributed by atoms with E-state index in [4.69, 9.17) is 0 Å². The molecule has 3 heteroatoms. The summed E-state index contributed by atoms with van der Waals surface area (Å²) in [6.07, 6.45) is 4.67. The molecule has 4 aliphatic rings. The van der Waals surface area contributed by atoms with Crippen molar-refractivity contribution in [1.82, 2.24) is 4.98 Å². The lowest BCUT2D eigenvalue weighted by Crippen LogP contribution is -2.40. The van der Waals surface area contributed by atoms with E-state index in [1.54, 1.807) is 0 Å². The predicted octanol–water partition coefficient (Wildman–Crippen LogP) is 17.5. The second-order valence-corrected chi connectivity index (χ2v) is 23.8. The van der Waals surface area contributed by atoms with Crippen LogP contribution in [0.25, 0.3) is 71.7 Å². The van der Waals surface area contributed by atoms with Crippen LogP contribution in [0.15, 0.2) is 151 Å². The van der Waals surface area contributed by atoms with Crippen molar-refractivity contribution in [3.63, 3.8) is 0 Å². The molecule has 2 heterocycles. The van der Waals surface area contributed by atoms with Crippen molar-refractivity contribution in [3.8, 4) is 33.4 Å². The van der Waals surface area contributed by atoms with Crippen LogP contribution in [0.2, 0.25) is 0 Å². The van der Waals surface area contributed by atoms with Gasteiger partial charge in [0.2, 0.25) is 0 Å². The first-order chi connectivity index (χ1) is 33.6. The van der Waals surface area contributed by atoms with E-state index < -0.39 is 0 Å². The summed E-state index contributed by atoms with van der Waals surface area (Å²) in [5.41, 5.74) is 26.3. The van der Waals surface area contributed by atoms with Crippen molar-refractivity contribution in [3.05, 3.63) is 190 Å². The molecular formula is C67H64BN2. The zero-order valence-electron chi connectivity index (χ0n) is 42.8. The van der Waals surface area contributed by atoms with Crippen LogP contribution in [0.1, 0.15) is 140 Å². The molecule has 1 atom stereocenters. The van der Waals surface area contributed by atoms with Crippen molar-refractivity contribution >= 4 is 62.4 Å². The summed E-state index contributed by atoms with van der Waals surface area (Å²) in [5.74, 6) is 0.444. The zero-order chi connectivity index (χ0) is 48.2. The highest BCUT2D eigenvalue weighted by molar-refractivity contribution is 6.68. The van der Waals surface area contributed by atoms with Crippen LogP contribution in [0.4, 0.5) is 11.4 Å². The van der Waals surface area contributed by atoms with Gasteiger partial charge in [0.25, 0.3) is 0 Å². The summed E-state index contributed by atoms with van der Waals surface area (Å²) >= 11 is 0. The highest BCUT2D eigenvalue weighted by Crippen LogP contribution is 2.61. The van der Waals surface area contributed by atoms with Crippen LogP contribution < -0.4 is 10.4 Å². The van der Waals surface area contributed by atoms with Crippen LogP contribution in [0.3, 0.4) is 0 Å². The van der Waals surface area contributed by atoms with E-state index in [0.29, 0.717) is 5.92 Å². The van der Waals surface area contributed by atoms with Crippen molar-refractivity contribution in [2.24, 2.45) is 0 Å². The summed E-state index contributed by atoms with van der Waals surface area (Å²) in [7, 11) is 2.65. The number of aromatic nitrogens is 1. The summed E-state index contributed by atoms with van der Waals surface area (Å²) in [6.45, 7) is 24.6. The third-order valence-electron chi connectivity index (χ3n) is 17.9. The minimum Gasteiger partial charge on any atom is -0.353 e. The van der Waals surface area contributed by atoms with Crippen molar-refractivity contribution < 1.29 is 0 Å². The first-order valence-corrected chi connectivity index (χ1v) is 26.1. The Balaban J connectivity index is 1.19. The first-order valence-electron chi connectivity index (χ1n) is 26.1. The number of rotatable bonds is 6. The number of H-pyrrole nitrogens is 1. The van der Waals surface area contributed by atoms with Crippen LogP contribution in [-0.2, 0) is 21.7 Å². The summed E-state index contributed by atoms with van der Waals surface area (Å²) in [6, 6.07) is 56.3. The Hall–Kier alpha value is -6.58. The number of nitrogens with zero attached hydrogens (tertiary/aromatic N) is 1. The van der Waals surface area contributed by atoms with E-state index in [-0.39, 0.29) is 21.7 Å². The molecule has 70 heavy (non-hydrogen) atoms. The quantitative estimate of drug-likeness (QED) is 0.165. The Morgan fingerprint density at radius 2 is 1.23 bits per heavy atom. The fraction of sp³-hybridized carbons (Fsp3) is 0.284. The zero-order valence-corrected chi connectivity index (χ0v) is 42.8. The van der Waals surface area contributed by atoms with Crippen LogP contribution in [0.5, 0.6) is 0 Å². The molecule has 0 saturated heterocycles. The number of benzene rings is 8. The van der Waals surface area contributed by atoms with E-state index in [0.717, 1.165) is 12.8 Å². The lowest BCUT2D eigenvalue weighted by Gasteiger charge is -2.43. The van der Waals surface area contributed by atoms with Gasteiger partial charge in [0.15, 0.2) is 7.28 Å². The Labute approximate surface area is 416 Å². The lowest BCUT2D eigenvalue weighted by molar-refractivity contribution is 0.331. The van der Waals surface area contributed by atoms with Gasteiger partial charge in [-0.3, -0.25) is 0 Å². The van der Waals surface area contributed by atoms with Gasteiger partial charge in [0.1, 0.15) is 0 Å².